The van der Waals surface area contributed by atoms with E-state index in [0.29, 0.717) is 0 Å². The SMILES string of the molecule is Nc1ccc2ccn[c]c2c1. The minimum absolute atomic E-state index is 0.752. The number of pyridine rings is 1. The maximum Gasteiger partial charge on any atom is 0.0971 e. The molecule has 0 aliphatic rings. The van der Waals surface area contributed by atoms with Crippen LogP contribution in [-0.2, 0) is 0 Å². The molecule has 0 bridgehead atoms. The Morgan fingerprint density at radius 1 is 1.27 bits per heavy atom. The van der Waals surface area contributed by atoms with Gasteiger partial charge >= 0.3 is 0 Å². The van der Waals surface area contributed by atoms with Crippen LogP contribution in [0.5, 0.6) is 0 Å². The van der Waals surface area contributed by atoms with E-state index in [0.717, 1.165) is 16.5 Å². The van der Waals surface area contributed by atoms with E-state index in [1.165, 1.54) is 0 Å². The Bertz CT molecular complexity index is 382. The molecule has 0 spiro atoms. The van der Waals surface area contributed by atoms with Gasteiger partial charge in [-0.05, 0) is 23.6 Å². The third-order valence-corrected chi connectivity index (χ3v) is 1.59. The van der Waals surface area contributed by atoms with Gasteiger partial charge in [0.25, 0.3) is 0 Å². The Balaban J connectivity index is 2.83. The normalized spacial score (nSPS) is 10.2. The zero-order valence-corrected chi connectivity index (χ0v) is 5.91. The molecule has 2 aromatic rings. The van der Waals surface area contributed by atoms with Gasteiger partial charge in [-0.2, -0.15) is 0 Å². The molecule has 0 aliphatic carbocycles. The lowest BCUT2D eigenvalue weighted by atomic mass is 10.2. The molecule has 11 heavy (non-hydrogen) atoms. The highest BCUT2D eigenvalue weighted by Crippen LogP contribution is 2.14. The first-order valence-corrected chi connectivity index (χ1v) is 3.38. The fourth-order valence-electron chi connectivity index (χ4n) is 1.04. The third kappa shape index (κ3) is 1.03. The molecule has 2 rings (SSSR count). The van der Waals surface area contributed by atoms with Gasteiger partial charge in [-0.1, -0.05) is 6.07 Å². The predicted molar refractivity (Wildman–Crippen MR) is 45.0 cm³/mol. The van der Waals surface area contributed by atoms with E-state index in [1.807, 2.05) is 24.3 Å². The smallest absolute Gasteiger partial charge is 0.0971 e. The number of nitrogens with zero attached hydrogens (tertiary/aromatic N) is 1. The fourth-order valence-corrected chi connectivity index (χ4v) is 1.04. The summed E-state index contributed by atoms with van der Waals surface area (Å²) in [6.07, 6.45) is 4.58. The van der Waals surface area contributed by atoms with E-state index < -0.39 is 0 Å². The first-order chi connectivity index (χ1) is 5.36. The molecule has 0 fully saturated rings. The Morgan fingerprint density at radius 2 is 2.18 bits per heavy atom. The van der Waals surface area contributed by atoms with Crippen molar-refractivity contribution in [2.75, 3.05) is 5.73 Å². The van der Waals surface area contributed by atoms with Crippen molar-refractivity contribution in [1.82, 2.24) is 4.98 Å². The number of anilines is 1. The minimum atomic E-state index is 0.752. The van der Waals surface area contributed by atoms with E-state index >= 15 is 0 Å². The first-order valence-electron chi connectivity index (χ1n) is 3.38. The van der Waals surface area contributed by atoms with Gasteiger partial charge in [0.15, 0.2) is 0 Å². The maximum absolute atomic E-state index is 5.58. The summed E-state index contributed by atoms with van der Waals surface area (Å²) in [5.41, 5.74) is 6.33. The van der Waals surface area contributed by atoms with Gasteiger partial charge in [-0.15, -0.1) is 0 Å². The van der Waals surface area contributed by atoms with Crippen molar-refractivity contribution in [2.45, 2.75) is 0 Å². The molecule has 2 heteroatoms. The highest BCUT2D eigenvalue weighted by atomic mass is 14.6. The van der Waals surface area contributed by atoms with Crippen molar-refractivity contribution in [3.63, 3.8) is 0 Å². The van der Waals surface area contributed by atoms with Gasteiger partial charge in [-0.25, -0.2) is 0 Å². The summed E-state index contributed by atoms with van der Waals surface area (Å²) in [5.74, 6) is 0. The van der Waals surface area contributed by atoms with E-state index in [-0.39, 0.29) is 0 Å². The van der Waals surface area contributed by atoms with Crippen LogP contribution < -0.4 is 5.73 Å². The Kier molecular flexibility index (Phi) is 1.25. The molecule has 0 saturated carbocycles. The minimum Gasteiger partial charge on any atom is -0.399 e. The summed E-state index contributed by atoms with van der Waals surface area (Å²) in [7, 11) is 0. The Morgan fingerprint density at radius 3 is 3.09 bits per heavy atom. The zero-order valence-electron chi connectivity index (χ0n) is 5.91. The van der Waals surface area contributed by atoms with Gasteiger partial charge in [-0.3, -0.25) is 4.98 Å². The number of rotatable bonds is 0. The molecule has 1 heterocycles. The van der Waals surface area contributed by atoms with Crippen LogP contribution in [0.1, 0.15) is 0 Å². The van der Waals surface area contributed by atoms with Crippen molar-refractivity contribution < 1.29 is 0 Å². The number of benzene rings is 1. The van der Waals surface area contributed by atoms with Crippen LogP contribution in [0, 0.1) is 6.20 Å². The second-order valence-electron chi connectivity index (χ2n) is 2.40. The molecule has 0 saturated heterocycles. The molecule has 1 aromatic heterocycles. The lowest BCUT2D eigenvalue weighted by Crippen LogP contribution is -1.83. The average Bonchev–Trinajstić information content (AvgIpc) is 2.04. The van der Waals surface area contributed by atoms with Gasteiger partial charge in [0.2, 0.25) is 0 Å². The largest absolute Gasteiger partial charge is 0.399 e. The molecule has 0 aliphatic heterocycles. The highest BCUT2D eigenvalue weighted by molar-refractivity contribution is 5.83. The van der Waals surface area contributed by atoms with Crippen molar-refractivity contribution in [1.29, 1.82) is 0 Å². The molecule has 0 unspecified atom stereocenters. The van der Waals surface area contributed by atoms with Crippen LogP contribution in [0.15, 0.2) is 30.5 Å². The average molecular weight is 143 g/mol. The van der Waals surface area contributed by atoms with Gasteiger partial charge in [0.1, 0.15) is 0 Å². The number of nitrogens with two attached hydrogens (primary N) is 1. The van der Waals surface area contributed by atoms with E-state index in [1.54, 1.807) is 6.20 Å². The molecule has 53 valence electrons. The summed E-state index contributed by atoms with van der Waals surface area (Å²) < 4.78 is 0. The Hall–Kier alpha value is -1.57. The molecule has 0 amide bonds. The number of nitrogen functional groups attached to an aromatic ring is 1. The zero-order chi connectivity index (χ0) is 7.68. The number of hydrogen-bond donors (Lipinski definition) is 1. The predicted octanol–water partition coefficient (Wildman–Crippen LogP) is 1.62. The second-order valence-corrected chi connectivity index (χ2v) is 2.40. The second kappa shape index (κ2) is 2.23. The van der Waals surface area contributed by atoms with Gasteiger partial charge in [0.05, 0.1) is 6.20 Å². The number of aromatic nitrogens is 1. The summed E-state index contributed by atoms with van der Waals surface area (Å²) in [5, 5.41) is 2.08. The van der Waals surface area contributed by atoms with E-state index in [4.69, 9.17) is 5.73 Å². The lowest BCUT2D eigenvalue weighted by molar-refractivity contribution is 1.35. The topological polar surface area (TPSA) is 38.9 Å². The summed E-state index contributed by atoms with van der Waals surface area (Å²) in [6, 6.07) is 7.63. The molecule has 0 atom stereocenters. The summed E-state index contributed by atoms with van der Waals surface area (Å²) >= 11 is 0. The highest BCUT2D eigenvalue weighted by Gasteiger charge is 1.91. The van der Waals surface area contributed by atoms with E-state index in [9.17, 15) is 0 Å². The number of hydrogen-bond acceptors (Lipinski definition) is 2. The first kappa shape index (κ1) is 6.16. The molecular formula is C9H7N2. The van der Waals surface area contributed by atoms with Crippen LogP contribution in [0.25, 0.3) is 10.8 Å². The van der Waals surface area contributed by atoms with Crippen LogP contribution in [-0.4, -0.2) is 4.98 Å². The maximum atomic E-state index is 5.58. The van der Waals surface area contributed by atoms with Crippen LogP contribution >= 0.6 is 0 Å². The van der Waals surface area contributed by atoms with Crippen molar-refractivity contribution in [3.8, 4) is 0 Å². The molecular weight excluding hydrogens is 136 g/mol. The standard InChI is InChI=1S/C9H7N2/c10-9-2-1-7-3-4-11-6-8(7)5-9/h1-5H,10H2. The van der Waals surface area contributed by atoms with E-state index in [2.05, 4.69) is 11.2 Å². The monoisotopic (exact) mass is 143 g/mol. The van der Waals surface area contributed by atoms with Crippen LogP contribution in [0.4, 0.5) is 5.69 Å². The molecule has 2 N–H and O–H groups in total. The Labute approximate surface area is 64.7 Å². The molecule has 2 nitrogen and oxygen atoms in total. The van der Waals surface area contributed by atoms with Crippen molar-refractivity contribution >= 4 is 16.5 Å². The van der Waals surface area contributed by atoms with Gasteiger partial charge < -0.3 is 5.73 Å². The van der Waals surface area contributed by atoms with Gasteiger partial charge in [0, 0.05) is 17.3 Å². The van der Waals surface area contributed by atoms with Crippen LogP contribution in [0.3, 0.4) is 0 Å². The summed E-state index contributed by atoms with van der Waals surface area (Å²) in [4.78, 5) is 3.87. The third-order valence-electron chi connectivity index (χ3n) is 1.59. The fraction of sp³-hybridized carbons (Fsp3) is 0. The number of fused-ring (bicyclic) bond motifs is 1. The molecule has 1 radical (unpaired) electrons. The van der Waals surface area contributed by atoms with Crippen LogP contribution in [0.2, 0.25) is 0 Å². The molecule has 1 aromatic carbocycles. The quantitative estimate of drug-likeness (QED) is 0.569. The lowest BCUT2D eigenvalue weighted by Gasteiger charge is -1.95. The van der Waals surface area contributed by atoms with Crippen molar-refractivity contribution in [2.24, 2.45) is 0 Å². The summed E-state index contributed by atoms with van der Waals surface area (Å²) in [6.45, 7) is 0. The van der Waals surface area contributed by atoms with Crippen molar-refractivity contribution in [3.05, 3.63) is 36.7 Å².